The van der Waals surface area contributed by atoms with E-state index in [-0.39, 0.29) is 11.7 Å². The Morgan fingerprint density at radius 3 is 2.44 bits per heavy atom. The van der Waals surface area contributed by atoms with Crippen LogP contribution < -0.4 is 0 Å². The molecule has 0 N–H and O–H groups in total. The highest BCUT2D eigenvalue weighted by molar-refractivity contribution is 5.94. The van der Waals surface area contributed by atoms with Crippen molar-refractivity contribution in [3.8, 4) is 5.69 Å². The number of hydrogen-bond donors (Lipinski definition) is 0. The molecule has 0 radical (unpaired) electrons. The van der Waals surface area contributed by atoms with Crippen LogP contribution >= 0.6 is 0 Å². The van der Waals surface area contributed by atoms with E-state index in [2.05, 4.69) is 4.98 Å². The maximum atomic E-state index is 13.0. The Morgan fingerprint density at radius 2 is 1.70 bits per heavy atom. The number of fused-ring (bicyclic) bond motifs is 1. The average molecular weight is 359 g/mol. The van der Waals surface area contributed by atoms with Crippen molar-refractivity contribution in [3.63, 3.8) is 0 Å². The van der Waals surface area contributed by atoms with E-state index >= 15 is 0 Å². The monoisotopic (exact) mass is 359 g/mol. The van der Waals surface area contributed by atoms with Crippen LogP contribution in [-0.2, 0) is 6.54 Å². The highest BCUT2D eigenvalue weighted by Crippen LogP contribution is 2.19. The highest BCUT2D eigenvalue weighted by atomic mass is 19.1. The van der Waals surface area contributed by atoms with Crippen molar-refractivity contribution in [2.45, 2.75) is 6.54 Å². The van der Waals surface area contributed by atoms with E-state index in [0.29, 0.717) is 12.1 Å². The normalized spacial score (nSPS) is 10.9. The van der Waals surface area contributed by atoms with Gasteiger partial charge in [-0.25, -0.2) is 9.37 Å². The van der Waals surface area contributed by atoms with Crippen LogP contribution in [0.15, 0.2) is 79.1 Å². The quantitative estimate of drug-likeness (QED) is 0.540. The molecule has 134 valence electrons. The Hall–Kier alpha value is -3.47. The summed E-state index contributed by atoms with van der Waals surface area (Å²) in [5.41, 5.74) is 4.38. The van der Waals surface area contributed by atoms with Crippen molar-refractivity contribution in [2.24, 2.45) is 0 Å². The molecule has 0 saturated heterocycles. The standard InChI is InChI=1S/C22H18FN3O/c1-25(14-16-6-10-18(23)11-7-16)22(27)17-8-12-19(13-9-17)26-15-24-20-4-2-3-5-21(20)26/h2-13,15H,14H2,1H3. The van der Waals surface area contributed by atoms with E-state index in [9.17, 15) is 9.18 Å². The molecule has 27 heavy (non-hydrogen) atoms. The summed E-state index contributed by atoms with van der Waals surface area (Å²) in [6.45, 7) is 0.424. The molecule has 1 heterocycles. The molecule has 1 amide bonds. The maximum Gasteiger partial charge on any atom is 0.253 e. The number of benzene rings is 3. The number of rotatable bonds is 4. The van der Waals surface area contributed by atoms with Gasteiger partial charge in [0.2, 0.25) is 0 Å². The second-order valence-electron chi connectivity index (χ2n) is 6.44. The number of imidazole rings is 1. The minimum atomic E-state index is -0.282. The fraction of sp³-hybridized carbons (Fsp3) is 0.0909. The molecule has 0 unspecified atom stereocenters. The van der Waals surface area contributed by atoms with Crippen LogP contribution in [0.3, 0.4) is 0 Å². The molecule has 4 nitrogen and oxygen atoms in total. The SMILES string of the molecule is CN(Cc1ccc(F)cc1)C(=O)c1ccc(-n2cnc3ccccc32)cc1. The zero-order valence-corrected chi connectivity index (χ0v) is 14.8. The maximum absolute atomic E-state index is 13.0. The van der Waals surface area contributed by atoms with Gasteiger partial charge in [0.1, 0.15) is 12.1 Å². The summed E-state index contributed by atoms with van der Waals surface area (Å²) in [5, 5.41) is 0. The minimum Gasteiger partial charge on any atom is -0.337 e. The van der Waals surface area contributed by atoms with E-state index < -0.39 is 0 Å². The average Bonchev–Trinajstić information content (AvgIpc) is 3.13. The first-order valence-electron chi connectivity index (χ1n) is 8.64. The van der Waals surface area contributed by atoms with Gasteiger partial charge in [0.05, 0.1) is 11.0 Å². The van der Waals surface area contributed by atoms with Gasteiger partial charge in [-0.15, -0.1) is 0 Å². The third-order valence-corrected chi connectivity index (χ3v) is 4.53. The molecule has 0 aliphatic heterocycles. The zero-order chi connectivity index (χ0) is 18.8. The number of carbonyl (C=O) groups is 1. The Kier molecular flexibility index (Phi) is 4.42. The number of amides is 1. The molecule has 4 rings (SSSR count). The van der Waals surface area contributed by atoms with Crippen molar-refractivity contribution >= 4 is 16.9 Å². The summed E-state index contributed by atoms with van der Waals surface area (Å²) in [4.78, 5) is 18.7. The number of aromatic nitrogens is 2. The summed E-state index contributed by atoms with van der Waals surface area (Å²) < 4.78 is 15.0. The van der Waals surface area contributed by atoms with Crippen LogP contribution in [0.2, 0.25) is 0 Å². The predicted octanol–water partition coefficient (Wildman–Crippen LogP) is 4.44. The Labute approximate surface area is 156 Å². The summed E-state index contributed by atoms with van der Waals surface area (Å²) in [6.07, 6.45) is 1.78. The second-order valence-corrected chi connectivity index (χ2v) is 6.44. The van der Waals surface area contributed by atoms with E-state index in [4.69, 9.17) is 0 Å². The number of carbonyl (C=O) groups excluding carboxylic acids is 1. The predicted molar refractivity (Wildman–Crippen MR) is 103 cm³/mol. The van der Waals surface area contributed by atoms with E-state index in [1.54, 1.807) is 30.4 Å². The molecular formula is C22H18FN3O. The fourth-order valence-electron chi connectivity index (χ4n) is 3.09. The number of halogens is 1. The van der Waals surface area contributed by atoms with Crippen molar-refractivity contribution < 1.29 is 9.18 Å². The lowest BCUT2D eigenvalue weighted by atomic mass is 10.1. The lowest BCUT2D eigenvalue weighted by Gasteiger charge is -2.17. The molecule has 4 aromatic rings. The van der Waals surface area contributed by atoms with Gasteiger partial charge in [-0.2, -0.15) is 0 Å². The third-order valence-electron chi connectivity index (χ3n) is 4.53. The molecule has 0 aliphatic rings. The molecule has 5 heteroatoms. The first-order valence-corrected chi connectivity index (χ1v) is 8.64. The van der Waals surface area contributed by atoms with Crippen LogP contribution in [0, 0.1) is 5.82 Å². The Balaban J connectivity index is 1.53. The number of nitrogens with zero attached hydrogens (tertiary/aromatic N) is 3. The molecule has 0 bridgehead atoms. The van der Waals surface area contributed by atoms with Gasteiger partial charge in [0, 0.05) is 24.8 Å². The Bertz CT molecular complexity index is 1080. The largest absolute Gasteiger partial charge is 0.337 e. The lowest BCUT2D eigenvalue weighted by molar-refractivity contribution is 0.0785. The van der Waals surface area contributed by atoms with E-state index in [0.717, 1.165) is 22.3 Å². The number of hydrogen-bond acceptors (Lipinski definition) is 2. The van der Waals surface area contributed by atoms with Gasteiger partial charge >= 0.3 is 0 Å². The van der Waals surface area contributed by atoms with E-state index in [1.807, 2.05) is 53.1 Å². The van der Waals surface area contributed by atoms with Gasteiger partial charge in [-0.3, -0.25) is 9.36 Å². The van der Waals surface area contributed by atoms with Gasteiger partial charge < -0.3 is 4.90 Å². The van der Waals surface area contributed by atoms with Gasteiger partial charge in [0.25, 0.3) is 5.91 Å². The van der Waals surface area contributed by atoms with Gasteiger partial charge in [-0.05, 0) is 54.1 Å². The van der Waals surface area contributed by atoms with Crippen LogP contribution in [-0.4, -0.2) is 27.4 Å². The minimum absolute atomic E-state index is 0.0821. The van der Waals surface area contributed by atoms with Crippen LogP contribution in [0.5, 0.6) is 0 Å². The zero-order valence-electron chi connectivity index (χ0n) is 14.8. The molecule has 0 atom stereocenters. The smallest absolute Gasteiger partial charge is 0.253 e. The molecular weight excluding hydrogens is 341 g/mol. The fourth-order valence-corrected chi connectivity index (χ4v) is 3.09. The van der Waals surface area contributed by atoms with Gasteiger partial charge in [-0.1, -0.05) is 24.3 Å². The van der Waals surface area contributed by atoms with Crippen LogP contribution in [0.4, 0.5) is 4.39 Å². The first kappa shape index (κ1) is 17.0. The van der Waals surface area contributed by atoms with E-state index in [1.165, 1.54) is 12.1 Å². The highest BCUT2D eigenvalue weighted by Gasteiger charge is 2.13. The van der Waals surface area contributed by atoms with Crippen molar-refractivity contribution in [3.05, 3.63) is 96.1 Å². The first-order chi connectivity index (χ1) is 13.1. The summed E-state index contributed by atoms with van der Waals surface area (Å²) in [6, 6.07) is 21.5. The molecule has 0 saturated carbocycles. The van der Waals surface area contributed by atoms with Crippen LogP contribution in [0.1, 0.15) is 15.9 Å². The van der Waals surface area contributed by atoms with Crippen molar-refractivity contribution in [2.75, 3.05) is 7.05 Å². The molecule has 0 spiro atoms. The number of para-hydroxylation sites is 2. The van der Waals surface area contributed by atoms with Crippen molar-refractivity contribution in [1.82, 2.24) is 14.5 Å². The summed E-state index contributed by atoms with van der Waals surface area (Å²) in [5.74, 6) is -0.364. The topological polar surface area (TPSA) is 38.1 Å². The van der Waals surface area contributed by atoms with Gasteiger partial charge in [0.15, 0.2) is 0 Å². The molecule has 0 fully saturated rings. The Morgan fingerprint density at radius 1 is 1.00 bits per heavy atom. The third kappa shape index (κ3) is 3.44. The summed E-state index contributed by atoms with van der Waals surface area (Å²) in [7, 11) is 1.74. The molecule has 1 aromatic heterocycles. The summed E-state index contributed by atoms with van der Waals surface area (Å²) >= 11 is 0. The van der Waals surface area contributed by atoms with Crippen molar-refractivity contribution in [1.29, 1.82) is 0 Å². The lowest BCUT2D eigenvalue weighted by Crippen LogP contribution is -2.26. The van der Waals surface area contributed by atoms with Crippen LogP contribution in [0.25, 0.3) is 16.7 Å². The molecule has 0 aliphatic carbocycles. The molecule has 3 aromatic carbocycles. The second kappa shape index (κ2) is 7.03.